The van der Waals surface area contributed by atoms with Gasteiger partial charge in [-0.05, 0) is 48.6 Å². The van der Waals surface area contributed by atoms with Gasteiger partial charge in [-0.25, -0.2) is 4.79 Å². The lowest BCUT2D eigenvalue weighted by Crippen LogP contribution is -2.12. The third-order valence-electron chi connectivity index (χ3n) is 5.22. The van der Waals surface area contributed by atoms with E-state index in [-0.39, 0.29) is 17.1 Å². The number of rotatable bonds is 16. The summed E-state index contributed by atoms with van der Waals surface area (Å²) < 4.78 is 11.0. The SMILES string of the molecule is CC/C=C/COc1ccc(C(=O)/C=C/c2ccc(/C=C/CCCCCC)cc2)c(OCC(=O)O)c1. The van der Waals surface area contributed by atoms with Crippen molar-refractivity contribution in [2.24, 2.45) is 0 Å². The lowest BCUT2D eigenvalue weighted by Gasteiger charge is -2.11. The van der Waals surface area contributed by atoms with E-state index in [1.807, 2.05) is 43.3 Å². The molecule has 0 aliphatic rings. The summed E-state index contributed by atoms with van der Waals surface area (Å²) >= 11 is 0. The van der Waals surface area contributed by atoms with Crippen molar-refractivity contribution in [2.75, 3.05) is 13.2 Å². The van der Waals surface area contributed by atoms with E-state index >= 15 is 0 Å². The molecule has 0 bridgehead atoms. The molecule has 2 aromatic carbocycles. The second kappa shape index (κ2) is 16.1. The van der Waals surface area contributed by atoms with Crippen LogP contribution in [0, 0.1) is 0 Å². The van der Waals surface area contributed by atoms with Gasteiger partial charge in [0.15, 0.2) is 12.4 Å². The molecule has 0 aliphatic heterocycles. The van der Waals surface area contributed by atoms with Crippen molar-refractivity contribution >= 4 is 23.9 Å². The van der Waals surface area contributed by atoms with Gasteiger partial charge in [0.05, 0.1) is 5.56 Å². The van der Waals surface area contributed by atoms with Crippen molar-refractivity contribution < 1.29 is 24.2 Å². The molecule has 0 saturated carbocycles. The summed E-state index contributed by atoms with van der Waals surface area (Å²) in [6.45, 7) is 4.08. The number of allylic oxidation sites excluding steroid dienone is 3. The molecule has 0 radical (unpaired) electrons. The minimum Gasteiger partial charge on any atom is -0.489 e. The molecular formula is C30H36O5. The molecule has 0 unspecified atom stereocenters. The van der Waals surface area contributed by atoms with Crippen LogP contribution in [0.1, 0.15) is 73.9 Å². The smallest absolute Gasteiger partial charge is 0.341 e. The summed E-state index contributed by atoms with van der Waals surface area (Å²) in [6, 6.07) is 12.8. The molecule has 35 heavy (non-hydrogen) atoms. The lowest BCUT2D eigenvalue weighted by molar-refractivity contribution is -0.139. The Hall–Kier alpha value is -3.60. The normalized spacial score (nSPS) is 11.5. The summed E-state index contributed by atoms with van der Waals surface area (Å²) in [4.78, 5) is 23.8. The van der Waals surface area contributed by atoms with Gasteiger partial charge in [-0.2, -0.15) is 0 Å². The van der Waals surface area contributed by atoms with Gasteiger partial charge >= 0.3 is 5.97 Å². The average Bonchev–Trinajstić information content (AvgIpc) is 2.86. The summed E-state index contributed by atoms with van der Waals surface area (Å²) in [6.07, 6.45) is 18.4. The van der Waals surface area contributed by atoms with E-state index in [1.165, 1.54) is 31.8 Å². The van der Waals surface area contributed by atoms with E-state index in [9.17, 15) is 9.59 Å². The number of hydrogen-bond donors (Lipinski definition) is 1. The number of unbranched alkanes of at least 4 members (excludes halogenated alkanes) is 4. The first-order valence-corrected chi connectivity index (χ1v) is 12.3. The summed E-state index contributed by atoms with van der Waals surface area (Å²) in [5, 5.41) is 8.98. The van der Waals surface area contributed by atoms with Crippen LogP contribution in [-0.4, -0.2) is 30.1 Å². The molecule has 5 nitrogen and oxygen atoms in total. The molecule has 0 aliphatic carbocycles. The first-order chi connectivity index (χ1) is 17.0. The van der Waals surface area contributed by atoms with Crippen LogP contribution in [0.4, 0.5) is 0 Å². The number of ether oxygens (including phenoxy) is 2. The molecule has 0 spiro atoms. The number of hydrogen-bond acceptors (Lipinski definition) is 4. The Balaban J connectivity index is 2.04. The number of ketones is 1. The van der Waals surface area contributed by atoms with Gasteiger partial charge in [0.1, 0.15) is 18.1 Å². The molecule has 0 fully saturated rings. The van der Waals surface area contributed by atoms with Gasteiger partial charge in [-0.15, -0.1) is 0 Å². The highest BCUT2D eigenvalue weighted by atomic mass is 16.5. The first kappa shape index (κ1) is 27.6. The Bertz CT molecular complexity index is 1020. The Labute approximate surface area is 208 Å². The second-order valence-electron chi connectivity index (χ2n) is 8.15. The van der Waals surface area contributed by atoms with Crippen LogP contribution in [-0.2, 0) is 4.79 Å². The predicted octanol–water partition coefficient (Wildman–Crippen LogP) is 7.37. The molecule has 186 valence electrons. The minimum atomic E-state index is -1.12. The third kappa shape index (κ3) is 10.9. The van der Waals surface area contributed by atoms with Crippen LogP contribution in [0.2, 0.25) is 0 Å². The van der Waals surface area contributed by atoms with Crippen LogP contribution in [0.5, 0.6) is 11.5 Å². The van der Waals surface area contributed by atoms with E-state index in [4.69, 9.17) is 14.6 Å². The van der Waals surface area contributed by atoms with E-state index in [0.29, 0.717) is 12.4 Å². The Kier molecular flexibility index (Phi) is 12.7. The Morgan fingerprint density at radius 1 is 0.857 bits per heavy atom. The lowest BCUT2D eigenvalue weighted by atomic mass is 10.1. The quantitative estimate of drug-likeness (QED) is 0.118. The topological polar surface area (TPSA) is 72.8 Å². The number of aliphatic carboxylic acids is 1. The van der Waals surface area contributed by atoms with Crippen molar-refractivity contribution in [3.8, 4) is 11.5 Å². The summed E-state index contributed by atoms with van der Waals surface area (Å²) in [5.74, 6) is -0.718. The number of benzene rings is 2. The molecule has 2 rings (SSSR count). The highest BCUT2D eigenvalue weighted by Crippen LogP contribution is 2.26. The highest BCUT2D eigenvalue weighted by Gasteiger charge is 2.13. The molecular weight excluding hydrogens is 440 g/mol. The largest absolute Gasteiger partial charge is 0.489 e. The van der Waals surface area contributed by atoms with E-state index in [1.54, 1.807) is 24.3 Å². The van der Waals surface area contributed by atoms with Gasteiger partial charge in [0.25, 0.3) is 0 Å². The van der Waals surface area contributed by atoms with E-state index in [0.717, 1.165) is 24.0 Å². The van der Waals surface area contributed by atoms with Gasteiger partial charge < -0.3 is 14.6 Å². The second-order valence-corrected chi connectivity index (χ2v) is 8.15. The summed E-state index contributed by atoms with van der Waals surface area (Å²) in [7, 11) is 0. The van der Waals surface area contributed by atoms with Crippen LogP contribution < -0.4 is 9.47 Å². The number of carbonyl (C=O) groups is 2. The molecule has 1 N–H and O–H groups in total. The maximum atomic E-state index is 12.8. The zero-order valence-electron chi connectivity index (χ0n) is 20.7. The maximum Gasteiger partial charge on any atom is 0.341 e. The summed E-state index contributed by atoms with van der Waals surface area (Å²) in [5.41, 5.74) is 2.30. The van der Waals surface area contributed by atoms with Gasteiger partial charge in [0, 0.05) is 6.07 Å². The third-order valence-corrected chi connectivity index (χ3v) is 5.22. The first-order valence-electron chi connectivity index (χ1n) is 12.3. The molecule has 0 aromatic heterocycles. The number of carbonyl (C=O) groups excluding carboxylic acids is 1. The monoisotopic (exact) mass is 476 g/mol. The number of carboxylic acids is 1. The zero-order valence-corrected chi connectivity index (χ0v) is 20.7. The van der Waals surface area contributed by atoms with Crippen LogP contribution in [0.15, 0.2) is 66.8 Å². The van der Waals surface area contributed by atoms with E-state index in [2.05, 4.69) is 19.1 Å². The van der Waals surface area contributed by atoms with Crippen LogP contribution in [0.3, 0.4) is 0 Å². The van der Waals surface area contributed by atoms with Crippen LogP contribution in [0.25, 0.3) is 12.2 Å². The molecule has 2 aromatic rings. The maximum absolute atomic E-state index is 12.8. The fourth-order valence-electron chi connectivity index (χ4n) is 3.32. The van der Waals surface area contributed by atoms with Crippen molar-refractivity contribution in [2.45, 2.75) is 52.4 Å². The molecule has 0 heterocycles. The Morgan fingerprint density at radius 3 is 2.29 bits per heavy atom. The average molecular weight is 477 g/mol. The van der Waals surface area contributed by atoms with Gasteiger partial charge in [-0.1, -0.05) is 87.8 Å². The molecule has 5 heteroatoms. The molecule has 0 atom stereocenters. The van der Waals surface area contributed by atoms with Gasteiger partial charge in [-0.3, -0.25) is 4.79 Å². The Morgan fingerprint density at radius 2 is 1.60 bits per heavy atom. The molecule has 0 amide bonds. The number of carboxylic acid groups (broad SMARTS) is 1. The van der Waals surface area contributed by atoms with Crippen molar-refractivity contribution in [1.82, 2.24) is 0 Å². The predicted molar refractivity (Wildman–Crippen MR) is 142 cm³/mol. The van der Waals surface area contributed by atoms with Crippen molar-refractivity contribution in [1.29, 1.82) is 0 Å². The fraction of sp³-hybridized carbons (Fsp3) is 0.333. The molecule has 0 saturated heterocycles. The fourth-order valence-corrected chi connectivity index (χ4v) is 3.32. The standard InChI is InChI=1S/C30H36O5/c1-3-5-7-8-9-10-12-24-13-15-25(16-14-24)17-20-28(31)27-19-18-26(34-21-11-6-4-2)22-29(27)35-23-30(32)33/h6,10-20,22H,3-5,7-9,21,23H2,1-2H3,(H,32,33)/b11-6+,12-10+,20-17+. The highest BCUT2D eigenvalue weighted by molar-refractivity contribution is 6.08. The van der Waals surface area contributed by atoms with Crippen molar-refractivity contribution in [3.63, 3.8) is 0 Å². The zero-order chi connectivity index (χ0) is 25.3. The van der Waals surface area contributed by atoms with Crippen molar-refractivity contribution in [3.05, 3.63) is 83.5 Å². The minimum absolute atomic E-state index is 0.179. The van der Waals surface area contributed by atoms with Gasteiger partial charge in [0.2, 0.25) is 0 Å². The van der Waals surface area contributed by atoms with E-state index < -0.39 is 12.6 Å². The van der Waals surface area contributed by atoms with Crippen LogP contribution >= 0.6 is 0 Å².